The lowest BCUT2D eigenvalue weighted by Gasteiger charge is -2.23. The Morgan fingerprint density at radius 3 is 2.77 bits per heavy atom. The SMILES string of the molecule is COc1cccc(CN(C)[C@H](C)c2nc3ccccc3s2)c1. The predicted octanol–water partition coefficient (Wildman–Crippen LogP) is 4.50. The first kappa shape index (κ1) is 15.0. The van der Waals surface area contributed by atoms with Crippen molar-refractivity contribution in [1.82, 2.24) is 9.88 Å². The van der Waals surface area contributed by atoms with Gasteiger partial charge in [-0.25, -0.2) is 4.98 Å². The summed E-state index contributed by atoms with van der Waals surface area (Å²) in [6.45, 7) is 3.08. The molecule has 2 aromatic carbocycles. The maximum absolute atomic E-state index is 5.29. The minimum absolute atomic E-state index is 0.281. The summed E-state index contributed by atoms with van der Waals surface area (Å²) in [6, 6.07) is 16.8. The van der Waals surface area contributed by atoms with Crippen LogP contribution in [0.3, 0.4) is 0 Å². The highest BCUT2D eigenvalue weighted by Gasteiger charge is 2.16. The molecule has 0 fully saturated rings. The summed E-state index contributed by atoms with van der Waals surface area (Å²) in [6.07, 6.45) is 0. The Hall–Kier alpha value is -1.91. The molecule has 4 heteroatoms. The second-order valence-electron chi connectivity index (χ2n) is 5.46. The molecule has 3 aromatic rings. The van der Waals surface area contributed by atoms with Gasteiger partial charge in [-0.05, 0) is 43.8 Å². The van der Waals surface area contributed by atoms with Gasteiger partial charge in [-0.1, -0.05) is 24.3 Å². The molecule has 0 saturated heterocycles. The minimum Gasteiger partial charge on any atom is -0.497 e. The van der Waals surface area contributed by atoms with Crippen molar-refractivity contribution in [2.75, 3.05) is 14.2 Å². The van der Waals surface area contributed by atoms with Gasteiger partial charge >= 0.3 is 0 Å². The van der Waals surface area contributed by atoms with Gasteiger partial charge < -0.3 is 4.74 Å². The lowest BCUT2D eigenvalue weighted by Crippen LogP contribution is -2.21. The molecule has 0 unspecified atom stereocenters. The Kier molecular flexibility index (Phi) is 4.41. The molecule has 1 heterocycles. The van der Waals surface area contributed by atoms with E-state index in [1.54, 1.807) is 18.4 Å². The van der Waals surface area contributed by atoms with E-state index in [1.807, 2.05) is 18.2 Å². The second kappa shape index (κ2) is 6.46. The molecule has 0 aliphatic carbocycles. The van der Waals surface area contributed by atoms with Crippen molar-refractivity contribution in [1.29, 1.82) is 0 Å². The second-order valence-corrected chi connectivity index (χ2v) is 6.52. The zero-order valence-corrected chi connectivity index (χ0v) is 13.9. The highest BCUT2D eigenvalue weighted by atomic mass is 32.1. The predicted molar refractivity (Wildman–Crippen MR) is 92.5 cm³/mol. The highest BCUT2D eigenvalue weighted by molar-refractivity contribution is 7.18. The van der Waals surface area contributed by atoms with E-state index in [1.165, 1.54) is 10.3 Å². The van der Waals surface area contributed by atoms with Crippen LogP contribution >= 0.6 is 11.3 Å². The standard InChI is InChI=1S/C18H20N2OS/c1-13(18-19-16-9-4-5-10-17(16)22-18)20(2)12-14-7-6-8-15(11-14)21-3/h4-11,13H,12H2,1-3H3/t13-/m1/s1. The lowest BCUT2D eigenvalue weighted by atomic mass is 10.2. The number of methoxy groups -OCH3 is 1. The molecule has 0 aliphatic heterocycles. The Labute approximate surface area is 135 Å². The van der Waals surface area contributed by atoms with E-state index in [0.717, 1.165) is 22.8 Å². The Bertz CT molecular complexity index is 735. The maximum Gasteiger partial charge on any atom is 0.119 e. The number of ether oxygens (including phenoxy) is 1. The van der Waals surface area contributed by atoms with Gasteiger partial charge in [0.2, 0.25) is 0 Å². The molecule has 0 spiro atoms. The van der Waals surface area contributed by atoms with Crippen molar-refractivity contribution in [3.05, 3.63) is 59.1 Å². The van der Waals surface area contributed by atoms with Crippen molar-refractivity contribution < 1.29 is 4.74 Å². The van der Waals surface area contributed by atoms with Gasteiger partial charge in [0.05, 0.1) is 23.4 Å². The molecule has 3 nitrogen and oxygen atoms in total. The molecule has 0 aliphatic rings. The Morgan fingerprint density at radius 2 is 2.00 bits per heavy atom. The number of benzene rings is 2. The van der Waals surface area contributed by atoms with Gasteiger partial charge in [0.15, 0.2) is 0 Å². The van der Waals surface area contributed by atoms with Gasteiger partial charge in [-0.2, -0.15) is 0 Å². The van der Waals surface area contributed by atoms with E-state index in [-0.39, 0.29) is 6.04 Å². The minimum atomic E-state index is 0.281. The van der Waals surface area contributed by atoms with E-state index in [2.05, 4.69) is 49.2 Å². The molecule has 0 N–H and O–H groups in total. The fraction of sp³-hybridized carbons (Fsp3) is 0.278. The van der Waals surface area contributed by atoms with Gasteiger partial charge in [-0.3, -0.25) is 4.90 Å². The summed E-state index contributed by atoms with van der Waals surface area (Å²) in [5.74, 6) is 0.901. The first-order valence-corrected chi connectivity index (χ1v) is 8.17. The third-order valence-electron chi connectivity index (χ3n) is 3.90. The summed E-state index contributed by atoms with van der Waals surface area (Å²) in [5.41, 5.74) is 2.33. The molecule has 0 amide bonds. The molecular weight excluding hydrogens is 292 g/mol. The van der Waals surface area contributed by atoms with Crippen molar-refractivity contribution in [2.24, 2.45) is 0 Å². The highest BCUT2D eigenvalue weighted by Crippen LogP contribution is 2.29. The van der Waals surface area contributed by atoms with Crippen LogP contribution in [0.25, 0.3) is 10.2 Å². The molecule has 1 aromatic heterocycles. The fourth-order valence-electron chi connectivity index (χ4n) is 2.45. The van der Waals surface area contributed by atoms with Gasteiger partial charge in [0.1, 0.15) is 10.8 Å². The first-order valence-electron chi connectivity index (χ1n) is 7.36. The molecule has 3 rings (SSSR count). The number of hydrogen-bond donors (Lipinski definition) is 0. The number of thiazole rings is 1. The molecular formula is C18H20N2OS. The van der Waals surface area contributed by atoms with Gasteiger partial charge in [-0.15, -0.1) is 11.3 Å². The van der Waals surface area contributed by atoms with Crippen LogP contribution in [0.2, 0.25) is 0 Å². The summed E-state index contributed by atoms with van der Waals surface area (Å²) in [4.78, 5) is 7.07. The van der Waals surface area contributed by atoms with E-state index >= 15 is 0 Å². The average molecular weight is 312 g/mol. The maximum atomic E-state index is 5.29. The van der Waals surface area contributed by atoms with Crippen LogP contribution in [-0.4, -0.2) is 24.0 Å². The average Bonchev–Trinajstić information content (AvgIpc) is 2.98. The normalized spacial score (nSPS) is 12.7. The van der Waals surface area contributed by atoms with E-state index in [4.69, 9.17) is 9.72 Å². The largest absolute Gasteiger partial charge is 0.497 e. The van der Waals surface area contributed by atoms with Crippen LogP contribution in [0.4, 0.5) is 0 Å². The monoisotopic (exact) mass is 312 g/mol. The van der Waals surface area contributed by atoms with Crippen LogP contribution in [0.15, 0.2) is 48.5 Å². The Morgan fingerprint density at radius 1 is 1.18 bits per heavy atom. The van der Waals surface area contributed by atoms with Crippen LogP contribution in [0.1, 0.15) is 23.5 Å². The van der Waals surface area contributed by atoms with Crippen LogP contribution in [0, 0.1) is 0 Å². The number of aromatic nitrogens is 1. The summed E-state index contributed by atoms with van der Waals surface area (Å²) < 4.78 is 6.54. The van der Waals surface area contributed by atoms with Crippen LogP contribution in [0.5, 0.6) is 5.75 Å². The van der Waals surface area contributed by atoms with Crippen LogP contribution < -0.4 is 4.74 Å². The molecule has 22 heavy (non-hydrogen) atoms. The van der Waals surface area contributed by atoms with Gasteiger partial charge in [0.25, 0.3) is 0 Å². The molecule has 1 atom stereocenters. The third kappa shape index (κ3) is 3.13. The number of fused-ring (bicyclic) bond motifs is 1. The smallest absolute Gasteiger partial charge is 0.119 e. The number of hydrogen-bond acceptors (Lipinski definition) is 4. The number of para-hydroxylation sites is 1. The quantitative estimate of drug-likeness (QED) is 0.693. The van der Waals surface area contributed by atoms with Crippen molar-refractivity contribution in [2.45, 2.75) is 19.5 Å². The number of nitrogens with zero attached hydrogens (tertiary/aromatic N) is 2. The van der Waals surface area contributed by atoms with Crippen molar-refractivity contribution >= 4 is 21.6 Å². The molecule has 114 valence electrons. The molecule has 0 saturated carbocycles. The van der Waals surface area contributed by atoms with E-state index in [0.29, 0.717) is 0 Å². The van der Waals surface area contributed by atoms with E-state index in [9.17, 15) is 0 Å². The Balaban J connectivity index is 1.77. The lowest BCUT2D eigenvalue weighted by molar-refractivity contribution is 0.252. The topological polar surface area (TPSA) is 25.4 Å². The van der Waals surface area contributed by atoms with Gasteiger partial charge in [0, 0.05) is 6.54 Å². The number of rotatable bonds is 5. The first-order chi connectivity index (χ1) is 10.7. The van der Waals surface area contributed by atoms with Crippen molar-refractivity contribution in [3.8, 4) is 5.75 Å². The zero-order valence-electron chi connectivity index (χ0n) is 13.1. The summed E-state index contributed by atoms with van der Waals surface area (Å²) in [5, 5.41) is 1.16. The molecule has 0 radical (unpaired) electrons. The van der Waals surface area contributed by atoms with E-state index < -0.39 is 0 Å². The third-order valence-corrected chi connectivity index (χ3v) is 5.10. The van der Waals surface area contributed by atoms with Crippen LogP contribution in [-0.2, 0) is 6.54 Å². The summed E-state index contributed by atoms with van der Waals surface area (Å²) in [7, 11) is 3.84. The fourth-order valence-corrected chi connectivity index (χ4v) is 3.54. The summed E-state index contributed by atoms with van der Waals surface area (Å²) >= 11 is 1.77. The molecule has 0 bridgehead atoms. The van der Waals surface area contributed by atoms with Crippen molar-refractivity contribution in [3.63, 3.8) is 0 Å². The zero-order chi connectivity index (χ0) is 15.5.